The third kappa shape index (κ3) is 8.41. The first kappa shape index (κ1) is 29.8. The minimum Gasteiger partial charge on any atom is -0.305 e. The van der Waals surface area contributed by atoms with E-state index in [1.807, 2.05) is 72.9 Å². The number of pyridine rings is 2. The molecule has 0 aliphatic rings. The Bertz CT molecular complexity index is 1560. The van der Waals surface area contributed by atoms with Gasteiger partial charge in [-0.25, -0.2) is 0 Å². The number of hydrogen-bond donors (Lipinski definition) is 0. The second-order valence-corrected chi connectivity index (χ2v) is 10.1. The van der Waals surface area contributed by atoms with E-state index in [0.717, 1.165) is 28.9 Å². The zero-order valence-electron chi connectivity index (χ0n) is 23.3. The van der Waals surface area contributed by atoms with E-state index in [2.05, 4.69) is 96.6 Å². The first-order valence-electron chi connectivity index (χ1n) is 13.7. The molecule has 6 rings (SSSR count). The Kier molecular flexibility index (Phi) is 10.9. The van der Waals surface area contributed by atoms with Crippen LogP contribution in [0.4, 0.5) is 0 Å². The zero-order valence-corrected chi connectivity index (χ0v) is 25.7. The normalized spacial score (nSPS) is 10.3. The van der Waals surface area contributed by atoms with Crippen molar-refractivity contribution in [1.29, 1.82) is 0 Å². The van der Waals surface area contributed by atoms with Crippen LogP contribution in [0.3, 0.4) is 0 Å². The van der Waals surface area contributed by atoms with Gasteiger partial charge in [-0.2, -0.15) is 0 Å². The quantitative estimate of drug-likeness (QED) is 0.161. The first-order valence-corrected chi connectivity index (χ1v) is 13.7. The molecular formula is C38H32IrN2-2. The molecule has 0 saturated heterocycles. The van der Waals surface area contributed by atoms with Crippen LogP contribution < -0.4 is 0 Å². The molecule has 0 N–H and O–H groups in total. The maximum Gasteiger partial charge on any atom is 0.0160 e. The molecule has 0 spiro atoms. The molecule has 2 heterocycles. The van der Waals surface area contributed by atoms with E-state index < -0.39 is 0 Å². The minimum absolute atomic E-state index is 0. The van der Waals surface area contributed by atoms with E-state index in [1.165, 1.54) is 27.8 Å². The van der Waals surface area contributed by atoms with Gasteiger partial charge in [-0.05, 0) is 52.5 Å². The topological polar surface area (TPSA) is 25.8 Å². The van der Waals surface area contributed by atoms with Crippen LogP contribution in [0.15, 0.2) is 140 Å². The van der Waals surface area contributed by atoms with Crippen LogP contribution in [0.25, 0.3) is 44.8 Å². The summed E-state index contributed by atoms with van der Waals surface area (Å²) in [4.78, 5) is 8.75. The summed E-state index contributed by atoms with van der Waals surface area (Å²) in [5, 5.41) is 0. The van der Waals surface area contributed by atoms with Gasteiger partial charge in [0.2, 0.25) is 0 Å². The van der Waals surface area contributed by atoms with Gasteiger partial charge in [-0.3, -0.25) is 0 Å². The Balaban J connectivity index is 0.000000188. The van der Waals surface area contributed by atoms with Crippen LogP contribution in [0.2, 0.25) is 0 Å². The van der Waals surface area contributed by atoms with Gasteiger partial charge in [0.15, 0.2) is 0 Å². The van der Waals surface area contributed by atoms with Gasteiger partial charge in [0, 0.05) is 32.5 Å². The van der Waals surface area contributed by atoms with Crippen LogP contribution in [0.5, 0.6) is 0 Å². The number of aromatic nitrogens is 2. The predicted molar refractivity (Wildman–Crippen MR) is 166 cm³/mol. The molecule has 0 saturated carbocycles. The summed E-state index contributed by atoms with van der Waals surface area (Å²) in [5.41, 5.74) is 10.2. The summed E-state index contributed by atoms with van der Waals surface area (Å²) >= 11 is 0. The van der Waals surface area contributed by atoms with Crippen molar-refractivity contribution in [3.05, 3.63) is 157 Å². The van der Waals surface area contributed by atoms with Gasteiger partial charge in [-0.15, -0.1) is 70.8 Å². The van der Waals surface area contributed by atoms with Crippen molar-refractivity contribution in [2.75, 3.05) is 0 Å². The van der Waals surface area contributed by atoms with Crippen LogP contribution in [0, 0.1) is 18.1 Å². The minimum atomic E-state index is 0. The Morgan fingerprint density at radius 2 is 1.02 bits per heavy atom. The maximum absolute atomic E-state index is 4.40. The molecule has 2 aromatic heterocycles. The second kappa shape index (κ2) is 15.0. The molecule has 1 radical (unpaired) electrons. The molecule has 6 aromatic rings. The molecule has 205 valence electrons. The molecule has 0 unspecified atom stereocenters. The number of rotatable bonds is 6. The van der Waals surface area contributed by atoms with Crippen molar-refractivity contribution < 1.29 is 20.1 Å². The molecule has 2 nitrogen and oxygen atoms in total. The maximum atomic E-state index is 4.40. The van der Waals surface area contributed by atoms with E-state index in [1.54, 1.807) is 6.20 Å². The summed E-state index contributed by atoms with van der Waals surface area (Å²) in [7, 11) is 0. The van der Waals surface area contributed by atoms with Gasteiger partial charge in [0.25, 0.3) is 0 Å². The van der Waals surface area contributed by atoms with Gasteiger partial charge in [-0.1, -0.05) is 92.7 Å². The standard InChI is InChI=1S/C21H20N.C17H12N.Ir/c1-16(2)14-17-9-11-18(12-10-17)19-6-5-7-20(15-19)21-8-3-4-13-22-21;1-2-7-14(8-3-1)15-9-6-10-16(13-15)17-11-4-5-12-18-17;/h3-6,8-13,15-16H,14H2,1-2H3;1-9,11-13H;/q2*-1;. The van der Waals surface area contributed by atoms with Gasteiger partial charge < -0.3 is 9.97 Å². The fourth-order valence-electron chi connectivity index (χ4n) is 4.57. The van der Waals surface area contributed by atoms with Crippen molar-refractivity contribution in [2.45, 2.75) is 20.3 Å². The zero-order chi connectivity index (χ0) is 27.6. The van der Waals surface area contributed by atoms with E-state index in [4.69, 9.17) is 0 Å². The monoisotopic (exact) mass is 709 g/mol. The Labute approximate surface area is 257 Å². The molecule has 0 bridgehead atoms. The summed E-state index contributed by atoms with van der Waals surface area (Å²) in [5.74, 6) is 0.688. The van der Waals surface area contributed by atoms with Gasteiger partial charge >= 0.3 is 0 Å². The molecule has 0 amide bonds. The SMILES string of the molecule is CC(C)Cc1ccc(-c2cc[c-]c(-c3ccccn3)c2)cc1.[Ir].[c-]1ccc(-c2ccccc2)cc1-c1ccccn1. The van der Waals surface area contributed by atoms with Crippen molar-refractivity contribution in [3.8, 4) is 44.8 Å². The summed E-state index contributed by atoms with van der Waals surface area (Å²) in [6.45, 7) is 4.50. The molecule has 0 aliphatic heterocycles. The molecule has 0 aliphatic carbocycles. The molecular weight excluding hydrogens is 677 g/mol. The van der Waals surface area contributed by atoms with Crippen molar-refractivity contribution in [1.82, 2.24) is 9.97 Å². The summed E-state index contributed by atoms with van der Waals surface area (Å²) in [6.07, 6.45) is 4.75. The van der Waals surface area contributed by atoms with Crippen molar-refractivity contribution in [2.24, 2.45) is 5.92 Å². The fraction of sp³-hybridized carbons (Fsp3) is 0.105. The van der Waals surface area contributed by atoms with Crippen LogP contribution in [-0.4, -0.2) is 9.97 Å². The smallest absolute Gasteiger partial charge is 0.0160 e. The Morgan fingerprint density at radius 3 is 1.49 bits per heavy atom. The van der Waals surface area contributed by atoms with E-state index >= 15 is 0 Å². The summed E-state index contributed by atoms with van der Waals surface area (Å²) < 4.78 is 0. The number of nitrogens with zero attached hydrogens (tertiary/aromatic N) is 2. The van der Waals surface area contributed by atoms with Gasteiger partial charge in [0.05, 0.1) is 0 Å². The average molecular weight is 709 g/mol. The van der Waals surface area contributed by atoms with E-state index in [-0.39, 0.29) is 20.1 Å². The van der Waals surface area contributed by atoms with Gasteiger partial charge in [0.1, 0.15) is 0 Å². The largest absolute Gasteiger partial charge is 0.305 e. The van der Waals surface area contributed by atoms with Crippen LogP contribution in [-0.2, 0) is 26.5 Å². The average Bonchev–Trinajstić information content (AvgIpc) is 3.03. The Morgan fingerprint density at radius 1 is 0.537 bits per heavy atom. The molecule has 41 heavy (non-hydrogen) atoms. The third-order valence-electron chi connectivity index (χ3n) is 6.52. The fourth-order valence-corrected chi connectivity index (χ4v) is 4.57. The van der Waals surface area contributed by atoms with E-state index in [9.17, 15) is 0 Å². The third-order valence-corrected chi connectivity index (χ3v) is 6.52. The second-order valence-electron chi connectivity index (χ2n) is 10.1. The first-order chi connectivity index (χ1) is 19.7. The Hall–Kier alpha value is -4.17. The van der Waals surface area contributed by atoms with Crippen LogP contribution in [0.1, 0.15) is 19.4 Å². The molecule has 3 heteroatoms. The predicted octanol–water partition coefficient (Wildman–Crippen LogP) is 9.63. The van der Waals surface area contributed by atoms with E-state index in [0.29, 0.717) is 5.92 Å². The molecule has 0 atom stereocenters. The van der Waals surface area contributed by atoms with Crippen molar-refractivity contribution >= 4 is 0 Å². The number of hydrogen-bond acceptors (Lipinski definition) is 2. The van der Waals surface area contributed by atoms with Crippen molar-refractivity contribution in [3.63, 3.8) is 0 Å². The van der Waals surface area contributed by atoms with Crippen LogP contribution >= 0.6 is 0 Å². The summed E-state index contributed by atoms with van der Waals surface area (Å²) in [6, 6.07) is 49.9. The number of benzene rings is 4. The molecule has 0 fully saturated rings. The molecule has 4 aromatic carbocycles.